The van der Waals surface area contributed by atoms with Crippen LogP contribution in [0.2, 0.25) is 0 Å². The lowest BCUT2D eigenvalue weighted by atomic mass is 10.0. The molecule has 0 aromatic heterocycles. The molecule has 2 unspecified atom stereocenters. The molecule has 137 valence electrons. The van der Waals surface area contributed by atoms with E-state index in [0.29, 0.717) is 25.1 Å². The van der Waals surface area contributed by atoms with Gasteiger partial charge in [0.25, 0.3) is 0 Å². The van der Waals surface area contributed by atoms with E-state index < -0.39 is 18.1 Å². The van der Waals surface area contributed by atoms with Crippen molar-refractivity contribution >= 4 is 23.5 Å². The van der Waals surface area contributed by atoms with Crippen LogP contribution in [-0.4, -0.2) is 36.5 Å². The highest BCUT2D eigenvalue weighted by Crippen LogP contribution is 2.08. The number of primary amides is 1. The minimum absolute atomic E-state index is 0.0510. The van der Waals surface area contributed by atoms with Crippen molar-refractivity contribution in [1.29, 1.82) is 0 Å². The summed E-state index contributed by atoms with van der Waals surface area (Å²) >= 11 is 0. The maximum atomic E-state index is 12.5. The van der Waals surface area contributed by atoms with Crippen LogP contribution in [0.15, 0.2) is 24.3 Å². The third-order valence-corrected chi connectivity index (χ3v) is 3.61. The van der Waals surface area contributed by atoms with Gasteiger partial charge >= 0.3 is 6.03 Å². The Balaban J connectivity index is 2.70. The van der Waals surface area contributed by atoms with Gasteiger partial charge in [-0.15, -0.1) is 0 Å². The second kappa shape index (κ2) is 10.3. The van der Waals surface area contributed by atoms with Crippen molar-refractivity contribution < 1.29 is 14.4 Å². The number of urea groups is 1. The van der Waals surface area contributed by atoms with E-state index >= 15 is 0 Å². The van der Waals surface area contributed by atoms with Crippen molar-refractivity contribution in [2.75, 3.05) is 11.9 Å². The van der Waals surface area contributed by atoms with Gasteiger partial charge in [-0.2, -0.15) is 0 Å². The van der Waals surface area contributed by atoms with E-state index in [1.54, 1.807) is 24.3 Å². The molecule has 0 aliphatic carbocycles. The molecule has 0 aliphatic rings. The summed E-state index contributed by atoms with van der Waals surface area (Å²) in [6.07, 6.45) is 0.808. The van der Waals surface area contributed by atoms with Gasteiger partial charge in [-0.05, 0) is 37.0 Å². The van der Waals surface area contributed by atoms with E-state index in [-0.39, 0.29) is 17.7 Å². The molecule has 0 heterocycles. The number of rotatable bonds is 9. The molecule has 1 rings (SSSR count). The fraction of sp³-hybridized carbons (Fsp3) is 0.471. The predicted octanol–water partition coefficient (Wildman–Crippen LogP) is 0.342. The van der Waals surface area contributed by atoms with E-state index in [0.717, 1.165) is 0 Å². The standard InChI is InChI=1S/C17H26N5O3/c1-11(2)14(18)16(24)22-13(9-6-10-20-17(19)25)15(23)21-12-7-4-3-5-8-12/h4-5,7-8,11,13-14H,6,9-10,18H2,1-2H3,(H,21,23)(H,22,24)(H3,19,20,25). The summed E-state index contributed by atoms with van der Waals surface area (Å²) in [5.41, 5.74) is 11.4. The van der Waals surface area contributed by atoms with Gasteiger partial charge in [0.15, 0.2) is 0 Å². The SMILES string of the molecule is CC(C)C(N)C(=O)NC(CCCNC(N)=O)C(=O)Nc1cc[c]cc1. The lowest BCUT2D eigenvalue weighted by molar-refractivity contribution is -0.128. The van der Waals surface area contributed by atoms with Crippen molar-refractivity contribution in [1.82, 2.24) is 10.6 Å². The third-order valence-electron chi connectivity index (χ3n) is 3.61. The van der Waals surface area contributed by atoms with Gasteiger partial charge in [0.2, 0.25) is 11.8 Å². The average Bonchev–Trinajstić information content (AvgIpc) is 2.57. The van der Waals surface area contributed by atoms with Crippen LogP contribution in [0, 0.1) is 12.0 Å². The fourth-order valence-electron chi connectivity index (χ4n) is 2.06. The Morgan fingerprint density at radius 3 is 2.36 bits per heavy atom. The summed E-state index contributed by atoms with van der Waals surface area (Å²) < 4.78 is 0. The Kier molecular flexibility index (Phi) is 8.42. The molecule has 0 saturated carbocycles. The largest absolute Gasteiger partial charge is 0.352 e. The molecule has 0 spiro atoms. The number of carbonyl (C=O) groups excluding carboxylic acids is 3. The first kappa shape index (κ1) is 20.4. The number of nitrogens with two attached hydrogens (primary N) is 2. The Labute approximate surface area is 147 Å². The number of benzene rings is 1. The van der Waals surface area contributed by atoms with Gasteiger partial charge in [0, 0.05) is 12.2 Å². The van der Waals surface area contributed by atoms with Crippen LogP contribution in [0.5, 0.6) is 0 Å². The van der Waals surface area contributed by atoms with E-state index in [4.69, 9.17) is 11.5 Å². The van der Waals surface area contributed by atoms with Crippen molar-refractivity contribution in [3.8, 4) is 0 Å². The monoisotopic (exact) mass is 348 g/mol. The zero-order valence-electron chi connectivity index (χ0n) is 14.5. The Morgan fingerprint density at radius 1 is 1.16 bits per heavy atom. The van der Waals surface area contributed by atoms with E-state index in [2.05, 4.69) is 22.0 Å². The van der Waals surface area contributed by atoms with Crippen molar-refractivity contribution in [3.63, 3.8) is 0 Å². The molecule has 0 fully saturated rings. The van der Waals surface area contributed by atoms with Crippen LogP contribution in [0.1, 0.15) is 26.7 Å². The van der Waals surface area contributed by atoms with Gasteiger partial charge in [-0.3, -0.25) is 9.59 Å². The molecule has 0 aliphatic heterocycles. The molecule has 1 radical (unpaired) electrons. The quantitative estimate of drug-likeness (QED) is 0.411. The second-order valence-electron chi connectivity index (χ2n) is 6.04. The van der Waals surface area contributed by atoms with Crippen LogP contribution in [0.4, 0.5) is 10.5 Å². The smallest absolute Gasteiger partial charge is 0.312 e. The summed E-state index contributed by atoms with van der Waals surface area (Å²) in [5.74, 6) is -0.793. The lowest BCUT2D eigenvalue weighted by Gasteiger charge is -2.22. The molecule has 1 aromatic carbocycles. The van der Waals surface area contributed by atoms with Gasteiger partial charge in [-0.1, -0.05) is 26.0 Å². The first-order chi connectivity index (χ1) is 11.8. The Bertz CT molecular complexity index is 577. The molecule has 4 amide bonds. The van der Waals surface area contributed by atoms with E-state index in [9.17, 15) is 14.4 Å². The molecule has 7 N–H and O–H groups in total. The lowest BCUT2D eigenvalue weighted by Crippen LogP contribution is -2.51. The normalized spacial score (nSPS) is 13.0. The summed E-state index contributed by atoms with van der Waals surface area (Å²) in [6, 6.07) is 7.50. The van der Waals surface area contributed by atoms with Gasteiger partial charge < -0.3 is 27.4 Å². The van der Waals surface area contributed by atoms with Crippen LogP contribution in [0.3, 0.4) is 0 Å². The molecular formula is C17H26N5O3. The maximum Gasteiger partial charge on any atom is 0.312 e. The van der Waals surface area contributed by atoms with Crippen LogP contribution < -0.4 is 27.4 Å². The van der Waals surface area contributed by atoms with Crippen molar-refractivity contribution in [2.24, 2.45) is 17.4 Å². The number of nitrogens with one attached hydrogen (secondary N) is 3. The first-order valence-corrected chi connectivity index (χ1v) is 8.17. The third kappa shape index (κ3) is 7.67. The molecule has 25 heavy (non-hydrogen) atoms. The summed E-state index contributed by atoms with van der Waals surface area (Å²) in [7, 11) is 0. The molecule has 2 atom stereocenters. The second-order valence-corrected chi connectivity index (χ2v) is 6.04. The molecule has 8 heteroatoms. The Morgan fingerprint density at radius 2 is 1.80 bits per heavy atom. The summed E-state index contributed by atoms with van der Waals surface area (Å²) in [4.78, 5) is 35.4. The van der Waals surface area contributed by atoms with Gasteiger partial charge in [0.05, 0.1) is 6.04 Å². The number of anilines is 1. The summed E-state index contributed by atoms with van der Waals surface area (Å²) in [5, 5.41) is 7.87. The minimum Gasteiger partial charge on any atom is -0.352 e. The highest BCUT2D eigenvalue weighted by molar-refractivity contribution is 5.97. The molecule has 0 saturated heterocycles. The zero-order chi connectivity index (χ0) is 18.8. The minimum atomic E-state index is -0.767. The molecule has 8 nitrogen and oxygen atoms in total. The van der Waals surface area contributed by atoms with Crippen molar-refractivity contribution in [2.45, 2.75) is 38.8 Å². The topological polar surface area (TPSA) is 139 Å². The highest BCUT2D eigenvalue weighted by atomic mass is 16.2. The van der Waals surface area contributed by atoms with Crippen LogP contribution in [-0.2, 0) is 9.59 Å². The molecule has 0 bridgehead atoms. The number of amides is 4. The predicted molar refractivity (Wildman–Crippen MR) is 95.5 cm³/mol. The first-order valence-electron chi connectivity index (χ1n) is 8.17. The van der Waals surface area contributed by atoms with Crippen LogP contribution >= 0.6 is 0 Å². The highest BCUT2D eigenvalue weighted by Gasteiger charge is 2.25. The zero-order valence-corrected chi connectivity index (χ0v) is 14.5. The molecule has 1 aromatic rings. The van der Waals surface area contributed by atoms with Crippen molar-refractivity contribution in [3.05, 3.63) is 30.3 Å². The number of carbonyl (C=O) groups is 3. The van der Waals surface area contributed by atoms with Gasteiger partial charge in [0.1, 0.15) is 6.04 Å². The molecular weight excluding hydrogens is 322 g/mol. The Hall–Kier alpha value is -2.61. The summed E-state index contributed by atoms with van der Waals surface area (Å²) in [6.45, 7) is 3.97. The average molecular weight is 348 g/mol. The van der Waals surface area contributed by atoms with Crippen LogP contribution in [0.25, 0.3) is 0 Å². The maximum absolute atomic E-state index is 12.5. The van der Waals surface area contributed by atoms with E-state index in [1.807, 2.05) is 13.8 Å². The van der Waals surface area contributed by atoms with Gasteiger partial charge in [-0.25, -0.2) is 4.79 Å². The van der Waals surface area contributed by atoms with E-state index in [1.165, 1.54) is 0 Å². The number of hydrogen-bond acceptors (Lipinski definition) is 4. The number of hydrogen-bond donors (Lipinski definition) is 5. The fourth-order valence-corrected chi connectivity index (χ4v) is 2.06.